The van der Waals surface area contributed by atoms with Crippen LogP contribution in [0.5, 0.6) is 0 Å². The van der Waals surface area contributed by atoms with Crippen molar-refractivity contribution in [2.45, 2.75) is 44.7 Å². The number of para-hydroxylation sites is 1. The van der Waals surface area contributed by atoms with Crippen LogP contribution in [0.1, 0.15) is 41.6 Å². The fraction of sp³-hybridized carbons (Fsp3) is 0.267. The second-order valence-corrected chi connectivity index (χ2v) is 10.4. The van der Waals surface area contributed by atoms with Gasteiger partial charge >= 0.3 is 0 Å². The van der Waals surface area contributed by atoms with Crippen LogP contribution in [0.3, 0.4) is 0 Å². The molecule has 0 spiro atoms. The van der Waals surface area contributed by atoms with Crippen molar-refractivity contribution in [2.24, 2.45) is 0 Å². The Hall–Kier alpha value is -3.98. The molecule has 5 rings (SSSR count). The Kier molecular flexibility index (Phi) is 8.36. The van der Waals surface area contributed by atoms with Gasteiger partial charge in [0.1, 0.15) is 0 Å². The standard InChI is InChI=1S/C30H31BrN6O2/c1-19-17-33-30(37-28(19)25-18-32-26-9-3-2-8-24(25)26)36-23-7-4-6-22(16-23)35-29(39)20-11-13-21(14-12-20)34-27(38)10-5-15-31/h2-3,5,8-14,17-18,22-23,32H,4,6-7,15-16H2,1H3,(H,34,38)(H,35,39)(H,33,36,37)/b10-5+/t22-,23+/m0/s1. The minimum Gasteiger partial charge on any atom is -0.360 e. The van der Waals surface area contributed by atoms with Crippen molar-refractivity contribution in [1.29, 1.82) is 0 Å². The SMILES string of the molecule is Cc1cnc(N[C@@H]2CCC[C@H](NC(=O)c3ccc(NC(=O)/C=C/CBr)cc3)C2)nc1-c1c[nH]c2ccccc12. The van der Waals surface area contributed by atoms with Gasteiger partial charge in [-0.05, 0) is 68.5 Å². The molecular formula is C30H31BrN6O2. The number of alkyl halides is 1. The van der Waals surface area contributed by atoms with E-state index in [-0.39, 0.29) is 23.9 Å². The predicted molar refractivity (Wildman–Crippen MR) is 159 cm³/mol. The topological polar surface area (TPSA) is 112 Å². The fourth-order valence-corrected chi connectivity index (χ4v) is 5.18. The number of hydrogen-bond donors (Lipinski definition) is 4. The smallest absolute Gasteiger partial charge is 0.251 e. The van der Waals surface area contributed by atoms with Crippen molar-refractivity contribution in [2.75, 3.05) is 16.0 Å². The van der Waals surface area contributed by atoms with Crippen LogP contribution >= 0.6 is 15.9 Å². The van der Waals surface area contributed by atoms with Gasteiger partial charge in [0.05, 0.1) is 5.69 Å². The van der Waals surface area contributed by atoms with Crippen molar-refractivity contribution in [3.05, 3.63) is 84.2 Å². The highest BCUT2D eigenvalue weighted by molar-refractivity contribution is 9.09. The quantitative estimate of drug-likeness (QED) is 0.150. The van der Waals surface area contributed by atoms with E-state index in [4.69, 9.17) is 4.98 Å². The van der Waals surface area contributed by atoms with E-state index in [0.717, 1.165) is 53.4 Å². The molecule has 2 atom stereocenters. The van der Waals surface area contributed by atoms with Crippen molar-refractivity contribution >= 4 is 50.3 Å². The third-order valence-electron chi connectivity index (χ3n) is 6.93. The van der Waals surface area contributed by atoms with Crippen molar-refractivity contribution in [3.8, 4) is 11.3 Å². The van der Waals surface area contributed by atoms with E-state index in [1.807, 2.05) is 31.5 Å². The van der Waals surface area contributed by atoms with Gasteiger partial charge in [-0.1, -0.05) is 40.2 Å². The molecule has 1 fully saturated rings. The first-order valence-corrected chi connectivity index (χ1v) is 14.2. The van der Waals surface area contributed by atoms with Gasteiger partial charge in [0.25, 0.3) is 5.91 Å². The lowest BCUT2D eigenvalue weighted by Gasteiger charge is -2.30. The molecule has 0 unspecified atom stereocenters. The van der Waals surface area contributed by atoms with Gasteiger partial charge in [-0.15, -0.1) is 0 Å². The summed E-state index contributed by atoms with van der Waals surface area (Å²) in [5, 5.41) is 11.2. The molecule has 39 heavy (non-hydrogen) atoms. The Morgan fingerprint density at radius 3 is 2.72 bits per heavy atom. The highest BCUT2D eigenvalue weighted by Gasteiger charge is 2.24. The number of nitrogens with zero attached hydrogens (tertiary/aromatic N) is 2. The number of anilines is 2. The Morgan fingerprint density at radius 1 is 1.10 bits per heavy atom. The average molecular weight is 588 g/mol. The molecule has 8 nitrogen and oxygen atoms in total. The molecule has 2 aromatic heterocycles. The summed E-state index contributed by atoms with van der Waals surface area (Å²) in [5.41, 5.74) is 5.26. The molecule has 0 saturated heterocycles. The third-order valence-corrected chi connectivity index (χ3v) is 7.31. The monoisotopic (exact) mass is 586 g/mol. The van der Waals surface area contributed by atoms with Crippen LogP contribution in [-0.4, -0.2) is 44.2 Å². The van der Waals surface area contributed by atoms with E-state index in [1.165, 1.54) is 6.08 Å². The zero-order valence-corrected chi connectivity index (χ0v) is 23.3. The number of aromatic amines is 1. The van der Waals surface area contributed by atoms with E-state index in [1.54, 1.807) is 30.3 Å². The molecule has 1 aliphatic carbocycles. The number of aryl methyl sites for hydroxylation is 1. The van der Waals surface area contributed by atoms with Gasteiger partial charge in [-0.2, -0.15) is 0 Å². The number of allylic oxidation sites excluding steroid dienone is 1. The summed E-state index contributed by atoms with van der Waals surface area (Å²) in [6, 6.07) is 15.3. The molecule has 1 aliphatic rings. The van der Waals surface area contributed by atoms with E-state index >= 15 is 0 Å². The van der Waals surface area contributed by atoms with E-state index < -0.39 is 0 Å². The Balaban J connectivity index is 1.20. The second-order valence-electron chi connectivity index (χ2n) is 9.77. The minimum absolute atomic E-state index is 0.0519. The third kappa shape index (κ3) is 6.54. The van der Waals surface area contributed by atoms with Crippen molar-refractivity contribution in [1.82, 2.24) is 20.3 Å². The Labute approximate surface area is 235 Å². The maximum absolute atomic E-state index is 12.9. The molecule has 200 valence electrons. The number of amides is 2. The fourth-order valence-electron chi connectivity index (χ4n) is 5.00. The molecule has 4 N–H and O–H groups in total. The molecular weight excluding hydrogens is 556 g/mol. The summed E-state index contributed by atoms with van der Waals surface area (Å²) in [4.78, 5) is 37.5. The summed E-state index contributed by atoms with van der Waals surface area (Å²) < 4.78 is 0. The lowest BCUT2D eigenvalue weighted by atomic mass is 9.91. The maximum Gasteiger partial charge on any atom is 0.251 e. The molecule has 0 aliphatic heterocycles. The van der Waals surface area contributed by atoms with Crippen LogP contribution in [-0.2, 0) is 4.79 Å². The molecule has 0 radical (unpaired) electrons. The number of carbonyl (C=O) groups excluding carboxylic acids is 2. The molecule has 0 bridgehead atoms. The largest absolute Gasteiger partial charge is 0.360 e. The first kappa shape index (κ1) is 26.6. The van der Waals surface area contributed by atoms with Crippen LogP contribution in [0, 0.1) is 6.92 Å². The molecule has 4 aromatic rings. The van der Waals surface area contributed by atoms with Gasteiger partial charge in [0.15, 0.2) is 0 Å². The summed E-state index contributed by atoms with van der Waals surface area (Å²) in [5.74, 6) is 0.269. The Bertz CT molecular complexity index is 1500. The molecule has 2 heterocycles. The zero-order valence-electron chi connectivity index (χ0n) is 21.7. The van der Waals surface area contributed by atoms with Gasteiger partial charge in [0, 0.05) is 63.6 Å². The molecule has 2 amide bonds. The highest BCUT2D eigenvalue weighted by Crippen LogP contribution is 2.30. The summed E-state index contributed by atoms with van der Waals surface area (Å²) >= 11 is 3.25. The highest BCUT2D eigenvalue weighted by atomic mass is 79.9. The molecule has 9 heteroatoms. The lowest BCUT2D eigenvalue weighted by Crippen LogP contribution is -2.42. The number of hydrogen-bond acceptors (Lipinski definition) is 5. The maximum atomic E-state index is 12.9. The second kappa shape index (κ2) is 12.3. The van der Waals surface area contributed by atoms with Crippen LogP contribution < -0.4 is 16.0 Å². The van der Waals surface area contributed by atoms with Crippen LogP contribution in [0.15, 0.2) is 73.1 Å². The van der Waals surface area contributed by atoms with E-state index in [9.17, 15) is 9.59 Å². The number of benzene rings is 2. The molecule has 1 saturated carbocycles. The van der Waals surface area contributed by atoms with Gasteiger partial charge in [-0.25, -0.2) is 9.97 Å². The van der Waals surface area contributed by atoms with Crippen molar-refractivity contribution < 1.29 is 9.59 Å². The molecule has 2 aromatic carbocycles. The normalized spacial score (nSPS) is 17.3. The van der Waals surface area contributed by atoms with Gasteiger partial charge < -0.3 is 20.9 Å². The minimum atomic E-state index is -0.210. The lowest BCUT2D eigenvalue weighted by molar-refractivity contribution is -0.111. The number of carbonyl (C=O) groups is 2. The van der Waals surface area contributed by atoms with Crippen molar-refractivity contribution in [3.63, 3.8) is 0 Å². The number of nitrogens with one attached hydrogen (secondary N) is 4. The summed E-state index contributed by atoms with van der Waals surface area (Å²) in [6.45, 7) is 2.02. The van der Waals surface area contributed by atoms with Gasteiger partial charge in [0.2, 0.25) is 11.9 Å². The number of aromatic nitrogens is 3. The summed E-state index contributed by atoms with van der Waals surface area (Å²) in [6.07, 6.45) is 10.7. The summed E-state index contributed by atoms with van der Waals surface area (Å²) in [7, 11) is 0. The van der Waals surface area contributed by atoms with Gasteiger partial charge in [-0.3, -0.25) is 9.59 Å². The number of fused-ring (bicyclic) bond motifs is 1. The zero-order chi connectivity index (χ0) is 27.2. The number of rotatable bonds is 8. The predicted octanol–water partition coefficient (Wildman–Crippen LogP) is 5.98. The number of H-pyrrole nitrogens is 1. The van der Waals surface area contributed by atoms with E-state index in [0.29, 0.717) is 22.5 Å². The average Bonchev–Trinajstić information content (AvgIpc) is 3.37. The first-order chi connectivity index (χ1) is 19.0. The van der Waals surface area contributed by atoms with E-state index in [2.05, 4.69) is 54.0 Å². The van der Waals surface area contributed by atoms with Crippen LogP contribution in [0.25, 0.3) is 22.2 Å². The first-order valence-electron chi connectivity index (χ1n) is 13.1. The number of halogens is 1. The van der Waals surface area contributed by atoms with Crippen LogP contribution in [0.2, 0.25) is 0 Å². The van der Waals surface area contributed by atoms with Crippen LogP contribution in [0.4, 0.5) is 11.6 Å². The Morgan fingerprint density at radius 2 is 1.90 bits per heavy atom.